The summed E-state index contributed by atoms with van der Waals surface area (Å²) in [6.45, 7) is 11.0. The molecule has 0 radical (unpaired) electrons. The molecule has 0 aromatic heterocycles. The molecule has 0 heterocycles. The Morgan fingerprint density at radius 2 is 1.47 bits per heavy atom. The number of carbonyl (C=O) groups excluding carboxylic acids is 3. The van der Waals surface area contributed by atoms with Crippen LogP contribution in [-0.4, -0.2) is 54.7 Å². The van der Waals surface area contributed by atoms with E-state index in [9.17, 15) is 19.5 Å². The summed E-state index contributed by atoms with van der Waals surface area (Å²) in [6.07, 6.45) is 13.6. The summed E-state index contributed by atoms with van der Waals surface area (Å²) in [5, 5.41) is 16.5. The lowest BCUT2D eigenvalue weighted by Gasteiger charge is -2.36. The van der Waals surface area contributed by atoms with Crippen LogP contribution in [0.15, 0.2) is 150 Å². The fourth-order valence-corrected chi connectivity index (χ4v) is 7.27. The van der Waals surface area contributed by atoms with E-state index in [0.29, 0.717) is 18.7 Å². The number of ketones is 1. The van der Waals surface area contributed by atoms with Crippen LogP contribution in [0.2, 0.25) is 0 Å². The summed E-state index contributed by atoms with van der Waals surface area (Å²) in [5.74, 6) is -0.689. The van der Waals surface area contributed by atoms with Crippen molar-refractivity contribution in [1.82, 2.24) is 5.32 Å². The second-order valence-corrected chi connectivity index (χ2v) is 14.9. The van der Waals surface area contributed by atoms with Crippen LogP contribution >= 0.6 is 0 Å². The van der Waals surface area contributed by atoms with Gasteiger partial charge in [-0.3, -0.25) is 15.4 Å². The first-order valence-electron chi connectivity index (χ1n) is 20.3. The van der Waals surface area contributed by atoms with E-state index in [4.69, 9.17) is 9.47 Å². The van der Waals surface area contributed by atoms with Gasteiger partial charge >= 0.3 is 12.2 Å². The lowest BCUT2D eigenvalue weighted by Crippen LogP contribution is -2.66. The zero-order chi connectivity index (χ0) is 42.6. The zero-order valence-corrected chi connectivity index (χ0v) is 34.8. The molecule has 4 N–H and O–H groups in total. The monoisotopic (exact) mass is 805 g/mol. The zero-order valence-electron chi connectivity index (χ0n) is 34.8. The third-order valence-corrected chi connectivity index (χ3v) is 10.3. The van der Waals surface area contributed by atoms with Gasteiger partial charge in [0.1, 0.15) is 6.61 Å². The van der Waals surface area contributed by atoms with E-state index in [1.807, 2.05) is 85.0 Å². The van der Waals surface area contributed by atoms with Crippen LogP contribution in [0.5, 0.6) is 0 Å². The van der Waals surface area contributed by atoms with E-state index >= 15 is 0 Å². The lowest BCUT2D eigenvalue weighted by molar-refractivity contribution is -0.352. The molecule has 0 saturated heterocycles. The molecule has 0 bridgehead atoms. The molecule has 4 aromatic rings. The molecule has 2 atom stereocenters. The highest BCUT2D eigenvalue weighted by atomic mass is 16.6. The van der Waals surface area contributed by atoms with Crippen LogP contribution in [0.25, 0.3) is 0 Å². The Morgan fingerprint density at radius 3 is 2.10 bits per heavy atom. The molecule has 1 saturated carbocycles. The van der Waals surface area contributed by atoms with Crippen molar-refractivity contribution in [3.8, 4) is 0 Å². The number of hydrogen-bond donors (Lipinski definition) is 4. The predicted octanol–water partition coefficient (Wildman–Crippen LogP) is 8.58. The number of rotatable bonds is 10. The Morgan fingerprint density at radius 1 is 0.783 bits per heavy atom. The molecule has 10 heteroatoms. The molecule has 2 unspecified atom stereocenters. The standard InChI is InChI=1S/C41H41N3O4.C9H11NO2/c1-26-10-20-35(28(3)24-26)42-33-16-12-30(13-17-33)37-39(45)38(40(37)46)31-14-18-34(19-15-31)44(36-21-11-27(2)25-29(36)4)22-23-48-41(47)43-32-8-6-5-7-9-32;1-2-12-9(11)10-8-6-4-3-5-7-8/h6,8-21,24-25,38-39,45H,5,7,22-23H2,1-4H3,(H,43,47);3-7H,2H2,1H3,(H,10,11)/p+1. The van der Waals surface area contributed by atoms with Gasteiger partial charge in [-0.2, -0.15) is 0 Å². The first kappa shape index (κ1) is 42.8. The minimum absolute atomic E-state index is 0.0705. The van der Waals surface area contributed by atoms with E-state index in [-0.39, 0.29) is 12.4 Å². The molecule has 0 aliphatic heterocycles. The largest absolute Gasteiger partial charge is 0.450 e. The number of alkyl carbamates (subject to hydrolysis) is 1. The number of Topliss-reactive ketones (excluding diaryl/α,β-unsaturated/α-hetero) is 1. The van der Waals surface area contributed by atoms with Gasteiger partial charge in [-0.05, 0) is 119 Å². The van der Waals surface area contributed by atoms with Gasteiger partial charge in [0.05, 0.1) is 25.2 Å². The second-order valence-electron chi connectivity index (χ2n) is 14.9. The van der Waals surface area contributed by atoms with Crippen molar-refractivity contribution in [1.29, 1.82) is 0 Å². The van der Waals surface area contributed by atoms with Crippen molar-refractivity contribution in [3.63, 3.8) is 0 Å². The van der Waals surface area contributed by atoms with Gasteiger partial charge in [0, 0.05) is 52.1 Å². The van der Waals surface area contributed by atoms with Crippen molar-refractivity contribution in [3.05, 3.63) is 178 Å². The second kappa shape index (κ2) is 20.3. The van der Waals surface area contributed by atoms with Gasteiger partial charge < -0.3 is 19.5 Å². The van der Waals surface area contributed by atoms with Crippen molar-refractivity contribution in [2.24, 2.45) is 0 Å². The number of para-hydroxylation sites is 1. The first-order valence-corrected chi connectivity index (χ1v) is 20.3. The Kier molecular flexibility index (Phi) is 14.5. The molecule has 0 spiro atoms. The van der Waals surface area contributed by atoms with Gasteiger partial charge in [0.25, 0.3) is 0 Å². The fourth-order valence-electron chi connectivity index (χ4n) is 7.27. The average Bonchev–Trinajstić information content (AvgIpc) is 3.23. The highest BCUT2D eigenvalue weighted by Crippen LogP contribution is 2.41. The molecular formula is C50H53N4O6+. The number of aliphatic hydroxyl groups excluding tert-OH is 1. The van der Waals surface area contributed by atoms with Crippen LogP contribution in [0, 0.1) is 27.7 Å². The molecule has 10 nitrogen and oxygen atoms in total. The highest BCUT2D eigenvalue weighted by Gasteiger charge is 2.46. The molecule has 2 amide bonds. The number of aliphatic hydroxyl groups is 1. The molecular weight excluding hydrogens is 753 g/mol. The summed E-state index contributed by atoms with van der Waals surface area (Å²) < 4.78 is 10.2. The summed E-state index contributed by atoms with van der Waals surface area (Å²) in [7, 11) is 0. The van der Waals surface area contributed by atoms with Gasteiger partial charge in [-0.1, -0.05) is 71.8 Å². The van der Waals surface area contributed by atoms with E-state index in [0.717, 1.165) is 74.8 Å². The van der Waals surface area contributed by atoms with Gasteiger partial charge in [-0.15, -0.1) is 0 Å². The molecule has 3 aliphatic rings. The Hall–Kier alpha value is -6.78. The number of anilines is 3. The number of ether oxygens (including phenoxy) is 2. The van der Waals surface area contributed by atoms with Crippen LogP contribution < -0.4 is 20.5 Å². The molecule has 1 fully saturated rings. The van der Waals surface area contributed by atoms with Gasteiger partial charge in [-0.25, -0.2) is 14.6 Å². The molecule has 4 aromatic carbocycles. The number of benzene rings is 4. The lowest BCUT2D eigenvalue weighted by atomic mass is 9.69. The van der Waals surface area contributed by atoms with E-state index in [1.165, 1.54) is 5.56 Å². The molecule has 60 heavy (non-hydrogen) atoms. The number of hydrogen-bond acceptors (Lipinski definition) is 7. The van der Waals surface area contributed by atoms with Crippen molar-refractivity contribution in [2.75, 3.05) is 30.0 Å². The van der Waals surface area contributed by atoms with E-state index < -0.39 is 24.2 Å². The van der Waals surface area contributed by atoms with Crippen molar-refractivity contribution >= 4 is 46.4 Å². The quantitative estimate of drug-likeness (QED) is 0.118. The minimum Gasteiger partial charge on any atom is -0.450 e. The Bertz CT molecular complexity index is 2370. The first-order chi connectivity index (χ1) is 29.0. The number of amides is 2. The number of aryl methyl sites for hydroxylation is 4. The number of allylic oxidation sites excluding steroid dienone is 8. The number of nitrogens with one attached hydrogen (secondary N) is 3. The predicted molar refractivity (Wildman–Crippen MR) is 238 cm³/mol. The van der Waals surface area contributed by atoms with Crippen LogP contribution in [0.3, 0.4) is 0 Å². The SMILES string of the molecule is CCOC(=O)Nc1ccccc1.Cc1ccc([NH+]=C2C=CC(=C3C(=O)C(c4ccc(N(CCOC(=O)NC5=CCCC=C5)c5ccc(C)cc5C)cc4)C3O)C=C2)c(C)c1. The van der Waals surface area contributed by atoms with Crippen LogP contribution in [-0.2, 0) is 14.3 Å². The summed E-state index contributed by atoms with van der Waals surface area (Å²) in [5.41, 5.74) is 11.9. The number of carbonyl (C=O) groups is 3. The maximum Gasteiger partial charge on any atom is 0.411 e. The highest BCUT2D eigenvalue weighted by molar-refractivity contribution is 6.12. The molecule has 308 valence electrons. The van der Waals surface area contributed by atoms with E-state index in [1.54, 1.807) is 19.1 Å². The van der Waals surface area contributed by atoms with Gasteiger partial charge in [0.2, 0.25) is 11.4 Å². The summed E-state index contributed by atoms with van der Waals surface area (Å²) in [4.78, 5) is 42.3. The van der Waals surface area contributed by atoms with E-state index in [2.05, 4.69) is 84.6 Å². The topological polar surface area (TPSA) is 131 Å². The Balaban J connectivity index is 0.000000433. The summed E-state index contributed by atoms with van der Waals surface area (Å²) >= 11 is 0. The third kappa shape index (κ3) is 11.0. The Labute approximate surface area is 352 Å². The van der Waals surface area contributed by atoms with Gasteiger partial charge in [0.15, 0.2) is 5.78 Å². The fraction of sp³-hybridized carbons (Fsp3) is 0.240. The van der Waals surface area contributed by atoms with Crippen LogP contribution in [0.1, 0.15) is 53.5 Å². The van der Waals surface area contributed by atoms with Crippen molar-refractivity contribution in [2.45, 2.75) is 59.5 Å². The number of nitrogens with zero attached hydrogens (tertiary/aromatic N) is 1. The molecule has 7 rings (SSSR count). The average molecular weight is 806 g/mol. The molecule has 3 aliphatic carbocycles. The smallest absolute Gasteiger partial charge is 0.411 e. The minimum atomic E-state index is -0.891. The third-order valence-electron chi connectivity index (χ3n) is 10.3. The van der Waals surface area contributed by atoms with Crippen LogP contribution in [0.4, 0.5) is 32.3 Å². The summed E-state index contributed by atoms with van der Waals surface area (Å²) in [6, 6.07) is 29.4. The van der Waals surface area contributed by atoms with Crippen molar-refractivity contribution < 1.29 is 34.0 Å². The normalized spacial score (nSPS) is 16.5. The maximum atomic E-state index is 13.4. The maximum absolute atomic E-state index is 13.4.